The molecule has 2 rings (SSSR count). The summed E-state index contributed by atoms with van der Waals surface area (Å²) in [4.78, 5) is 11.5. The van der Waals surface area contributed by atoms with E-state index in [2.05, 4.69) is 5.10 Å². The predicted molar refractivity (Wildman–Crippen MR) is 70.5 cm³/mol. The fraction of sp³-hybridized carbons (Fsp3) is 0.231. The zero-order valence-corrected chi connectivity index (χ0v) is 11.3. The lowest BCUT2D eigenvalue weighted by Gasteiger charge is -2.01. The average molecular weight is 281 g/mol. The van der Waals surface area contributed by atoms with E-state index in [9.17, 15) is 4.79 Å². The molecule has 0 aliphatic heterocycles. The number of ether oxygens (including phenoxy) is 1. The summed E-state index contributed by atoms with van der Waals surface area (Å²) in [5.74, 6) is 0.128. The normalized spacial score (nSPS) is 11.1. The van der Waals surface area contributed by atoms with Crippen molar-refractivity contribution < 1.29 is 13.9 Å². The summed E-state index contributed by atoms with van der Waals surface area (Å²) < 4.78 is 11.7. The predicted octanol–water partition coefficient (Wildman–Crippen LogP) is 2.73. The lowest BCUT2D eigenvalue weighted by Crippen LogP contribution is -2.01. The summed E-state index contributed by atoms with van der Waals surface area (Å²) in [7, 11) is 1.73. The number of hydrogen-bond acceptors (Lipinski definition) is 4. The van der Waals surface area contributed by atoms with Gasteiger partial charge in [-0.15, -0.1) is 0 Å². The van der Waals surface area contributed by atoms with E-state index in [0.717, 1.165) is 5.69 Å². The van der Waals surface area contributed by atoms with Gasteiger partial charge in [-0.2, -0.15) is 5.10 Å². The molecule has 0 aromatic carbocycles. The lowest BCUT2D eigenvalue weighted by molar-refractivity contribution is -0.138. The first-order valence-electron chi connectivity index (χ1n) is 5.64. The molecule has 5 nitrogen and oxygen atoms in total. The molecule has 2 aromatic rings. The van der Waals surface area contributed by atoms with Crippen LogP contribution in [0.5, 0.6) is 0 Å². The van der Waals surface area contributed by atoms with Crippen molar-refractivity contribution in [1.29, 1.82) is 0 Å². The number of nitrogens with zero attached hydrogens (tertiary/aromatic N) is 2. The molecule has 0 amide bonds. The molecule has 0 atom stereocenters. The Hall–Kier alpha value is -2.01. The van der Waals surface area contributed by atoms with Crippen LogP contribution in [0.15, 0.2) is 28.9 Å². The van der Waals surface area contributed by atoms with Gasteiger partial charge in [0, 0.05) is 18.7 Å². The highest BCUT2D eigenvalue weighted by molar-refractivity contribution is 6.30. The van der Waals surface area contributed by atoms with E-state index in [0.29, 0.717) is 16.5 Å². The van der Waals surface area contributed by atoms with Gasteiger partial charge in [-0.25, -0.2) is 4.79 Å². The number of furan rings is 1. The number of hydrogen-bond donors (Lipinski definition) is 0. The standard InChI is InChI=1S/C13H13ClN2O3/c1-9-11(13(14)16(2)15-9)8-19-12(17)6-5-10-4-3-7-18-10/h3-7H,8H2,1-2H3. The summed E-state index contributed by atoms with van der Waals surface area (Å²) >= 11 is 6.03. The van der Waals surface area contributed by atoms with Gasteiger partial charge in [0.15, 0.2) is 0 Å². The van der Waals surface area contributed by atoms with Gasteiger partial charge in [0.1, 0.15) is 17.5 Å². The van der Waals surface area contributed by atoms with Crippen molar-refractivity contribution in [2.24, 2.45) is 7.05 Å². The molecule has 2 heterocycles. The van der Waals surface area contributed by atoms with E-state index in [1.165, 1.54) is 12.3 Å². The van der Waals surface area contributed by atoms with Crippen molar-refractivity contribution in [1.82, 2.24) is 9.78 Å². The molecule has 6 heteroatoms. The van der Waals surface area contributed by atoms with E-state index in [-0.39, 0.29) is 6.61 Å². The van der Waals surface area contributed by atoms with Gasteiger partial charge in [-0.1, -0.05) is 11.6 Å². The Morgan fingerprint density at radius 3 is 3.00 bits per heavy atom. The molecule has 0 spiro atoms. The number of aromatic nitrogens is 2. The van der Waals surface area contributed by atoms with Crippen LogP contribution in [0.2, 0.25) is 5.15 Å². The third kappa shape index (κ3) is 3.26. The monoisotopic (exact) mass is 280 g/mol. The molecule has 0 radical (unpaired) electrons. The van der Waals surface area contributed by atoms with E-state index in [1.807, 2.05) is 6.92 Å². The number of aryl methyl sites for hydroxylation is 2. The van der Waals surface area contributed by atoms with Crippen LogP contribution in [-0.4, -0.2) is 15.7 Å². The van der Waals surface area contributed by atoms with Crippen molar-refractivity contribution in [3.63, 3.8) is 0 Å². The minimum Gasteiger partial charge on any atom is -0.465 e. The summed E-state index contributed by atoms with van der Waals surface area (Å²) in [6.45, 7) is 1.91. The van der Waals surface area contributed by atoms with Crippen LogP contribution in [0.3, 0.4) is 0 Å². The second kappa shape index (κ2) is 5.75. The maximum absolute atomic E-state index is 11.5. The molecule has 0 aliphatic carbocycles. The van der Waals surface area contributed by atoms with Gasteiger partial charge in [-0.3, -0.25) is 4.68 Å². The zero-order valence-electron chi connectivity index (χ0n) is 10.6. The van der Waals surface area contributed by atoms with Gasteiger partial charge < -0.3 is 9.15 Å². The van der Waals surface area contributed by atoms with Crippen molar-refractivity contribution in [3.05, 3.63) is 46.6 Å². The van der Waals surface area contributed by atoms with Gasteiger partial charge in [0.05, 0.1) is 12.0 Å². The molecule has 0 aliphatic rings. The number of carbonyl (C=O) groups is 1. The van der Waals surface area contributed by atoms with Crippen LogP contribution in [-0.2, 0) is 23.2 Å². The van der Waals surface area contributed by atoms with E-state index >= 15 is 0 Å². The number of esters is 1. The molecule has 100 valence electrons. The Balaban J connectivity index is 1.93. The zero-order chi connectivity index (χ0) is 13.8. The van der Waals surface area contributed by atoms with Crippen LogP contribution in [0, 0.1) is 6.92 Å². The van der Waals surface area contributed by atoms with Gasteiger partial charge >= 0.3 is 5.97 Å². The first kappa shape index (κ1) is 13.4. The third-order valence-corrected chi connectivity index (χ3v) is 3.03. The molecule has 2 aromatic heterocycles. The number of rotatable bonds is 4. The summed E-state index contributed by atoms with van der Waals surface area (Å²) in [5.41, 5.74) is 1.46. The Bertz CT molecular complexity index is 600. The van der Waals surface area contributed by atoms with Crippen molar-refractivity contribution >= 4 is 23.6 Å². The summed E-state index contributed by atoms with van der Waals surface area (Å²) in [5, 5.41) is 4.61. The first-order valence-corrected chi connectivity index (χ1v) is 6.02. The Morgan fingerprint density at radius 2 is 2.42 bits per heavy atom. The molecule has 0 saturated carbocycles. The smallest absolute Gasteiger partial charge is 0.331 e. The second-order valence-corrected chi connectivity index (χ2v) is 4.29. The molecule has 0 bridgehead atoms. The van der Waals surface area contributed by atoms with Crippen LogP contribution < -0.4 is 0 Å². The number of carbonyl (C=O) groups excluding carboxylic acids is 1. The van der Waals surface area contributed by atoms with Crippen molar-refractivity contribution in [2.75, 3.05) is 0 Å². The van der Waals surface area contributed by atoms with E-state index in [4.69, 9.17) is 20.8 Å². The first-order chi connectivity index (χ1) is 9.08. The van der Waals surface area contributed by atoms with Gasteiger partial charge in [0.2, 0.25) is 0 Å². The highest BCUT2D eigenvalue weighted by Crippen LogP contribution is 2.19. The molecule has 0 unspecified atom stereocenters. The van der Waals surface area contributed by atoms with E-state index < -0.39 is 5.97 Å². The van der Waals surface area contributed by atoms with E-state index in [1.54, 1.807) is 29.9 Å². The second-order valence-electron chi connectivity index (χ2n) is 3.93. The largest absolute Gasteiger partial charge is 0.465 e. The molecule has 0 saturated heterocycles. The highest BCUT2D eigenvalue weighted by atomic mass is 35.5. The molecular weight excluding hydrogens is 268 g/mol. The van der Waals surface area contributed by atoms with Crippen LogP contribution in [0.25, 0.3) is 6.08 Å². The Labute approximate surface area is 115 Å². The van der Waals surface area contributed by atoms with Crippen LogP contribution in [0.4, 0.5) is 0 Å². The van der Waals surface area contributed by atoms with Gasteiger partial charge in [-0.05, 0) is 25.1 Å². The lowest BCUT2D eigenvalue weighted by atomic mass is 10.3. The quantitative estimate of drug-likeness (QED) is 0.638. The Kier molecular flexibility index (Phi) is 4.06. The topological polar surface area (TPSA) is 57.3 Å². The van der Waals surface area contributed by atoms with Crippen LogP contribution in [0.1, 0.15) is 17.0 Å². The summed E-state index contributed by atoms with van der Waals surface area (Å²) in [6.07, 6.45) is 4.38. The maximum Gasteiger partial charge on any atom is 0.331 e. The van der Waals surface area contributed by atoms with Gasteiger partial charge in [0.25, 0.3) is 0 Å². The molecular formula is C13H13ClN2O3. The fourth-order valence-corrected chi connectivity index (χ4v) is 1.79. The fourth-order valence-electron chi connectivity index (χ4n) is 1.57. The molecule has 0 fully saturated rings. The van der Waals surface area contributed by atoms with Crippen molar-refractivity contribution in [2.45, 2.75) is 13.5 Å². The molecule has 0 N–H and O–H groups in total. The minimum atomic E-state index is -0.462. The SMILES string of the molecule is Cc1nn(C)c(Cl)c1COC(=O)C=Cc1ccco1. The van der Waals surface area contributed by atoms with Crippen molar-refractivity contribution in [3.8, 4) is 0 Å². The minimum absolute atomic E-state index is 0.0971. The van der Waals surface area contributed by atoms with Crippen LogP contribution >= 0.6 is 11.6 Å². The third-order valence-electron chi connectivity index (χ3n) is 2.56. The number of halogens is 1. The highest BCUT2D eigenvalue weighted by Gasteiger charge is 2.12. The summed E-state index contributed by atoms with van der Waals surface area (Å²) in [6, 6.07) is 3.48. The molecule has 19 heavy (non-hydrogen) atoms. The maximum atomic E-state index is 11.5. The average Bonchev–Trinajstić information content (AvgIpc) is 2.96. The Morgan fingerprint density at radius 1 is 1.63 bits per heavy atom.